The van der Waals surface area contributed by atoms with Gasteiger partial charge in [0.05, 0.1) is 0 Å². The Morgan fingerprint density at radius 2 is 1.95 bits per heavy atom. The lowest BCUT2D eigenvalue weighted by atomic mass is 9.75. The largest absolute Gasteiger partial charge is 0.382 e. The van der Waals surface area contributed by atoms with Gasteiger partial charge in [-0.15, -0.1) is 0 Å². The van der Waals surface area contributed by atoms with E-state index in [1.807, 2.05) is 0 Å². The van der Waals surface area contributed by atoms with E-state index in [9.17, 15) is 8.42 Å². The first-order valence-electron chi connectivity index (χ1n) is 7.17. The van der Waals surface area contributed by atoms with Crippen LogP contribution in [0.1, 0.15) is 32.1 Å². The molecule has 112 valence electrons. The highest BCUT2D eigenvalue weighted by atomic mass is 32.2. The molecule has 0 bridgehead atoms. The van der Waals surface area contributed by atoms with Crippen LogP contribution in [0.15, 0.2) is 4.90 Å². The minimum atomic E-state index is -3.32. The fraction of sp³-hybridized carbons (Fsp3) is 0.769. The van der Waals surface area contributed by atoms with Gasteiger partial charge < -0.3 is 10.6 Å². The quantitative estimate of drug-likeness (QED) is 0.905. The van der Waals surface area contributed by atoms with Gasteiger partial charge in [0, 0.05) is 19.3 Å². The zero-order chi connectivity index (χ0) is 14.3. The van der Waals surface area contributed by atoms with E-state index < -0.39 is 9.84 Å². The molecule has 20 heavy (non-hydrogen) atoms. The first-order chi connectivity index (χ1) is 9.47. The predicted molar refractivity (Wildman–Crippen MR) is 81.9 cm³/mol. The highest BCUT2D eigenvalue weighted by molar-refractivity contribution is 7.91. The zero-order valence-electron chi connectivity index (χ0n) is 11.7. The zero-order valence-corrected chi connectivity index (χ0v) is 13.3. The van der Waals surface area contributed by atoms with Crippen LogP contribution in [0, 0.1) is 11.8 Å². The summed E-state index contributed by atoms with van der Waals surface area (Å²) in [7, 11) is -3.32. The van der Waals surface area contributed by atoms with Crippen molar-refractivity contribution in [1.82, 2.24) is 4.37 Å². The van der Waals surface area contributed by atoms with E-state index in [-0.39, 0.29) is 10.7 Å². The second-order valence-corrected chi connectivity index (χ2v) is 8.72. The number of nitrogen functional groups attached to an aromatic ring is 1. The molecule has 2 N–H and O–H groups in total. The molecule has 2 fully saturated rings. The molecule has 1 aliphatic carbocycles. The molecular formula is C13H21N3O2S2. The molecule has 2 unspecified atom stereocenters. The summed E-state index contributed by atoms with van der Waals surface area (Å²) >= 11 is 1.22. The Kier molecular flexibility index (Phi) is 3.66. The van der Waals surface area contributed by atoms with Gasteiger partial charge in [-0.05, 0) is 36.2 Å². The third-order valence-corrected chi connectivity index (χ3v) is 6.80. The summed E-state index contributed by atoms with van der Waals surface area (Å²) in [5, 5.41) is 0.744. The van der Waals surface area contributed by atoms with Crippen molar-refractivity contribution in [2.24, 2.45) is 11.8 Å². The van der Waals surface area contributed by atoms with E-state index in [4.69, 9.17) is 5.73 Å². The Balaban J connectivity index is 1.87. The third kappa shape index (κ3) is 2.53. The maximum absolute atomic E-state index is 11.9. The molecule has 1 aromatic rings. The minimum Gasteiger partial charge on any atom is -0.382 e. The number of nitrogens with two attached hydrogens (primary N) is 1. The second-order valence-electron chi connectivity index (χ2n) is 6.01. The lowest BCUT2D eigenvalue weighted by molar-refractivity contribution is 0.202. The molecule has 1 saturated heterocycles. The van der Waals surface area contributed by atoms with Crippen molar-refractivity contribution in [1.29, 1.82) is 0 Å². The smallest absolute Gasteiger partial charge is 0.182 e. The van der Waals surface area contributed by atoms with Crippen LogP contribution in [0.2, 0.25) is 0 Å². The Hall–Kier alpha value is -0.820. The Morgan fingerprint density at radius 1 is 1.25 bits per heavy atom. The number of aromatic nitrogens is 1. The van der Waals surface area contributed by atoms with Crippen molar-refractivity contribution < 1.29 is 8.42 Å². The lowest BCUT2D eigenvalue weighted by Crippen LogP contribution is -2.41. The molecule has 0 spiro atoms. The van der Waals surface area contributed by atoms with Crippen LogP contribution in [0.3, 0.4) is 0 Å². The summed E-state index contributed by atoms with van der Waals surface area (Å²) in [5.74, 6) is 1.68. The first kappa shape index (κ1) is 14.1. The fourth-order valence-electron chi connectivity index (χ4n) is 3.62. The van der Waals surface area contributed by atoms with Gasteiger partial charge in [-0.2, -0.15) is 4.37 Å². The Morgan fingerprint density at radius 3 is 2.65 bits per heavy atom. The fourth-order valence-corrected chi connectivity index (χ4v) is 5.86. The molecule has 3 rings (SSSR count). The minimum absolute atomic E-state index is 0.151. The summed E-state index contributed by atoms with van der Waals surface area (Å²) in [6, 6.07) is 0. The third-order valence-electron chi connectivity index (χ3n) is 4.61. The molecule has 0 aromatic carbocycles. The van der Waals surface area contributed by atoms with Crippen LogP contribution in [-0.2, 0) is 9.84 Å². The summed E-state index contributed by atoms with van der Waals surface area (Å²) in [6.07, 6.45) is 7.63. The van der Waals surface area contributed by atoms with Gasteiger partial charge in [-0.25, -0.2) is 8.42 Å². The highest BCUT2D eigenvalue weighted by Crippen LogP contribution is 2.41. The van der Waals surface area contributed by atoms with Crippen LogP contribution in [0.4, 0.5) is 10.8 Å². The van der Waals surface area contributed by atoms with Gasteiger partial charge in [0.2, 0.25) is 0 Å². The summed E-state index contributed by atoms with van der Waals surface area (Å²) in [5.41, 5.74) is 5.76. The van der Waals surface area contributed by atoms with Crippen molar-refractivity contribution in [2.75, 3.05) is 30.0 Å². The van der Waals surface area contributed by atoms with Crippen LogP contribution in [0.5, 0.6) is 0 Å². The number of nitrogens with zero attached hydrogens (tertiary/aromatic N) is 2. The van der Waals surface area contributed by atoms with Crippen LogP contribution in [-0.4, -0.2) is 32.1 Å². The van der Waals surface area contributed by atoms with Gasteiger partial charge in [-0.3, -0.25) is 0 Å². The second kappa shape index (κ2) is 5.18. The van der Waals surface area contributed by atoms with E-state index in [0.717, 1.165) is 30.4 Å². The molecule has 0 amide bonds. The van der Waals surface area contributed by atoms with Crippen molar-refractivity contribution >= 4 is 32.2 Å². The standard InChI is InChI=1S/C13H21N3O2S2/c1-20(17,18)11-12(14)15-19-13(11)16-7-6-9-4-2-3-5-10(9)8-16/h9-10H,2-8H2,1H3,(H2,14,15). The predicted octanol–water partition coefficient (Wildman–Crippen LogP) is 2.15. The monoisotopic (exact) mass is 315 g/mol. The van der Waals surface area contributed by atoms with Gasteiger partial charge in [-0.1, -0.05) is 19.3 Å². The molecule has 5 nitrogen and oxygen atoms in total. The highest BCUT2D eigenvalue weighted by Gasteiger charge is 2.34. The van der Waals surface area contributed by atoms with Crippen LogP contribution >= 0.6 is 11.5 Å². The maximum Gasteiger partial charge on any atom is 0.182 e. The summed E-state index contributed by atoms with van der Waals surface area (Å²) in [4.78, 5) is 2.42. The van der Waals surface area contributed by atoms with Gasteiger partial charge in [0.15, 0.2) is 15.7 Å². The molecule has 1 aliphatic heterocycles. The van der Waals surface area contributed by atoms with Crippen LogP contribution < -0.4 is 10.6 Å². The van der Waals surface area contributed by atoms with E-state index in [1.54, 1.807) is 0 Å². The van der Waals surface area contributed by atoms with Crippen LogP contribution in [0.25, 0.3) is 0 Å². The Bertz CT molecular complexity index is 597. The van der Waals surface area contributed by atoms with E-state index in [2.05, 4.69) is 9.27 Å². The van der Waals surface area contributed by atoms with E-state index >= 15 is 0 Å². The van der Waals surface area contributed by atoms with E-state index in [0.29, 0.717) is 5.92 Å². The summed E-state index contributed by atoms with van der Waals surface area (Å²) in [6.45, 7) is 1.88. The first-order valence-corrected chi connectivity index (χ1v) is 9.83. The average Bonchev–Trinajstić information content (AvgIpc) is 2.80. The Labute approximate surface area is 124 Å². The van der Waals surface area contributed by atoms with Crippen molar-refractivity contribution in [2.45, 2.75) is 37.0 Å². The molecular weight excluding hydrogens is 294 g/mol. The number of hydrogen-bond donors (Lipinski definition) is 1. The lowest BCUT2D eigenvalue weighted by Gasteiger charge is -2.41. The molecule has 0 radical (unpaired) electrons. The molecule has 7 heteroatoms. The van der Waals surface area contributed by atoms with Crippen molar-refractivity contribution in [3.63, 3.8) is 0 Å². The van der Waals surface area contributed by atoms with Gasteiger partial charge >= 0.3 is 0 Å². The average molecular weight is 315 g/mol. The number of anilines is 2. The SMILES string of the molecule is CS(=O)(=O)c1c(N)nsc1N1CCC2CCCCC2C1. The molecule has 1 saturated carbocycles. The molecule has 1 aromatic heterocycles. The van der Waals surface area contributed by atoms with Gasteiger partial charge in [0.1, 0.15) is 9.90 Å². The molecule has 2 heterocycles. The normalized spacial score (nSPS) is 27.4. The number of sulfone groups is 1. The topological polar surface area (TPSA) is 76.3 Å². The van der Waals surface area contributed by atoms with Crippen molar-refractivity contribution in [3.8, 4) is 0 Å². The maximum atomic E-state index is 11.9. The number of piperidine rings is 1. The molecule has 2 atom stereocenters. The number of hydrogen-bond acceptors (Lipinski definition) is 6. The summed E-state index contributed by atoms with van der Waals surface area (Å²) < 4.78 is 27.9. The number of rotatable bonds is 2. The van der Waals surface area contributed by atoms with Crippen molar-refractivity contribution in [3.05, 3.63) is 0 Å². The number of fused-ring (bicyclic) bond motifs is 1. The van der Waals surface area contributed by atoms with Gasteiger partial charge in [0.25, 0.3) is 0 Å². The van der Waals surface area contributed by atoms with E-state index in [1.165, 1.54) is 43.5 Å². The molecule has 2 aliphatic rings.